The smallest absolute Gasteiger partial charge is 0.218 e. The Hall–Kier alpha value is -2.04. The van der Waals surface area contributed by atoms with Crippen molar-refractivity contribution < 1.29 is 0 Å². The first-order valence-electron chi connectivity index (χ1n) is 7.03. The number of benzene rings is 1. The molecule has 5 nitrogen and oxygen atoms in total. The van der Waals surface area contributed by atoms with Gasteiger partial charge in [-0.1, -0.05) is 36.2 Å². The van der Waals surface area contributed by atoms with E-state index in [0.717, 1.165) is 12.8 Å². The van der Waals surface area contributed by atoms with Gasteiger partial charge in [-0.15, -0.1) is 0 Å². The van der Waals surface area contributed by atoms with Gasteiger partial charge in [0.15, 0.2) is 5.96 Å². The van der Waals surface area contributed by atoms with Crippen molar-refractivity contribution in [2.75, 3.05) is 0 Å². The summed E-state index contributed by atoms with van der Waals surface area (Å²) in [6.45, 7) is 2.12. The van der Waals surface area contributed by atoms with E-state index in [0.29, 0.717) is 5.92 Å². The van der Waals surface area contributed by atoms with Crippen molar-refractivity contribution in [2.45, 2.75) is 38.6 Å². The van der Waals surface area contributed by atoms with Gasteiger partial charge in [0.2, 0.25) is 5.96 Å². The number of nitrogens with two attached hydrogens (primary N) is 3. The second kappa shape index (κ2) is 6.41. The fraction of sp³-hybridized carbons (Fsp3) is 0.467. The highest BCUT2D eigenvalue weighted by Crippen LogP contribution is 2.31. The summed E-state index contributed by atoms with van der Waals surface area (Å²) in [6, 6.07) is 8.85. The Morgan fingerprint density at radius 3 is 2.75 bits per heavy atom. The molecule has 0 saturated heterocycles. The standard InChI is InChI=1S/C15H23N5/c1-10-4-2-5-11(8-10)9-12-6-3-7-13(12)19-15(18)20-14(16)17/h2,4-5,8,12-13H,3,6-7,9H2,1H3,(H6,16,17,18,19,20). The third-order valence-corrected chi connectivity index (χ3v) is 3.74. The molecule has 0 aromatic heterocycles. The van der Waals surface area contributed by atoms with Gasteiger partial charge in [0.1, 0.15) is 0 Å². The van der Waals surface area contributed by atoms with Gasteiger partial charge >= 0.3 is 0 Å². The minimum atomic E-state index is -0.0421. The van der Waals surface area contributed by atoms with E-state index < -0.39 is 0 Å². The minimum absolute atomic E-state index is 0.0421. The summed E-state index contributed by atoms with van der Waals surface area (Å²) in [5, 5.41) is 0. The SMILES string of the molecule is Cc1cccc(CC2CCCC2N=C(N)N=C(N)N)c1. The molecule has 108 valence electrons. The molecular weight excluding hydrogens is 250 g/mol. The van der Waals surface area contributed by atoms with Crippen LogP contribution in [0.2, 0.25) is 0 Å². The van der Waals surface area contributed by atoms with Crippen molar-refractivity contribution >= 4 is 11.9 Å². The largest absolute Gasteiger partial charge is 0.370 e. The molecule has 0 spiro atoms. The van der Waals surface area contributed by atoms with Crippen LogP contribution >= 0.6 is 0 Å². The van der Waals surface area contributed by atoms with Crippen molar-refractivity contribution in [1.29, 1.82) is 0 Å². The highest BCUT2D eigenvalue weighted by molar-refractivity contribution is 5.92. The summed E-state index contributed by atoms with van der Waals surface area (Å²) in [7, 11) is 0. The van der Waals surface area contributed by atoms with E-state index in [1.54, 1.807) is 0 Å². The van der Waals surface area contributed by atoms with Gasteiger partial charge < -0.3 is 17.2 Å². The Kier molecular flexibility index (Phi) is 4.61. The third kappa shape index (κ3) is 3.98. The van der Waals surface area contributed by atoms with E-state index in [4.69, 9.17) is 17.2 Å². The Labute approximate surface area is 120 Å². The predicted molar refractivity (Wildman–Crippen MR) is 83.4 cm³/mol. The molecule has 1 aromatic carbocycles. The molecule has 0 bridgehead atoms. The molecule has 2 rings (SSSR count). The molecule has 0 radical (unpaired) electrons. The monoisotopic (exact) mass is 273 g/mol. The highest BCUT2D eigenvalue weighted by atomic mass is 15.1. The minimum Gasteiger partial charge on any atom is -0.370 e. The number of hydrogen-bond donors (Lipinski definition) is 3. The first-order chi connectivity index (χ1) is 9.54. The first-order valence-corrected chi connectivity index (χ1v) is 7.03. The molecule has 1 aliphatic rings. The first kappa shape index (κ1) is 14.4. The van der Waals surface area contributed by atoms with Crippen LogP contribution in [-0.4, -0.2) is 18.0 Å². The molecule has 1 saturated carbocycles. The molecule has 6 N–H and O–H groups in total. The summed E-state index contributed by atoms with van der Waals surface area (Å²) >= 11 is 0. The van der Waals surface area contributed by atoms with Gasteiger partial charge in [-0.05, 0) is 37.7 Å². The number of rotatable bonds is 3. The molecule has 5 heteroatoms. The summed E-state index contributed by atoms with van der Waals surface area (Å²) in [5.74, 6) is 0.662. The lowest BCUT2D eigenvalue weighted by Crippen LogP contribution is -2.27. The lowest BCUT2D eigenvalue weighted by Gasteiger charge is -2.16. The summed E-state index contributed by atoms with van der Waals surface area (Å²) in [4.78, 5) is 8.26. The number of hydrogen-bond acceptors (Lipinski definition) is 1. The van der Waals surface area contributed by atoms with Gasteiger partial charge in [0, 0.05) is 0 Å². The topological polar surface area (TPSA) is 103 Å². The van der Waals surface area contributed by atoms with E-state index in [1.807, 2.05) is 0 Å². The van der Waals surface area contributed by atoms with Crippen LogP contribution in [0.4, 0.5) is 0 Å². The van der Waals surface area contributed by atoms with Crippen molar-refractivity contribution in [2.24, 2.45) is 33.1 Å². The number of aliphatic imine (C=N–C) groups is 2. The van der Waals surface area contributed by atoms with Crippen LogP contribution in [-0.2, 0) is 6.42 Å². The fourth-order valence-corrected chi connectivity index (χ4v) is 2.90. The second-order valence-electron chi connectivity index (χ2n) is 5.48. The average molecular weight is 273 g/mol. The molecular formula is C15H23N5. The van der Waals surface area contributed by atoms with Crippen LogP contribution in [0.1, 0.15) is 30.4 Å². The van der Waals surface area contributed by atoms with E-state index in [-0.39, 0.29) is 18.0 Å². The van der Waals surface area contributed by atoms with E-state index in [2.05, 4.69) is 41.2 Å². The van der Waals surface area contributed by atoms with Gasteiger partial charge in [0.05, 0.1) is 6.04 Å². The molecule has 2 atom stereocenters. The van der Waals surface area contributed by atoms with Gasteiger partial charge in [-0.3, -0.25) is 0 Å². The summed E-state index contributed by atoms with van der Waals surface area (Å²) < 4.78 is 0. The molecule has 0 heterocycles. The van der Waals surface area contributed by atoms with Crippen LogP contribution in [0.25, 0.3) is 0 Å². The van der Waals surface area contributed by atoms with Crippen LogP contribution in [0.15, 0.2) is 34.3 Å². The molecule has 2 unspecified atom stereocenters. The zero-order valence-corrected chi connectivity index (χ0v) is 11.9. The zero-order chi connectivity index (χ0) is 14.5. The molecule has 1 fully saturated rings. The van der Waals surface area contributed by atoms with E-state index in [9.17, 15) is 0 Å². The summed E-state index contributed by atoms with van der Waals surface area (Å²) in [6.07, 6.45) is 4.44. The molecule has 1 aromatic rings. The predicted octanol–water partition coefficient (Wildman–Crippen LogP) is 1.29. The van der Waals surface area contributed by atoms with Crippen LogP contribution in [0, 0.1) is 12.8 Å². The second-order valence-corrected chi connectivity index (χ2v) is 5.48. The van der Waals surface area contributed by atoms with Gasteiger partial charge in [-0.25, -0.2) is 4.99 Å². The van der Waals surface area contributed by atoms with Gasteiger partial charge in [-0.2, -0.15) is 4.99 Å². The highest BCUT2D eigenvalue weighted by Gasteiger charge is 2.27. The Balaban J connectivity index is 2.06. The number of aryl methyl sites for hydroxylation is 1. The number of guanidine groups is 2. The molecule has 0 amide bonds. The van der Waals surface area contributed by atoms with Crippen molar-refractivity contribution in [3.8, 4) is 0 Å². The van der Waals surface area contributed by atoms with Crippen LogP contribution < -0.4 is 17.2 Å². The van der Waals surface area contributed by atoms with Gasteiger partial charge in [0.25, 0.3) is 0 Å². The molecule has 1 aliphatic carbocycles. The maximum absolute atomic E-state index is 5.74. The quantitative estimate of drug-likeness (QED) is 0.571. The molecule has 20 heavy (non-hydrogen) atoms. The Morgan fingerprint density at radius 2 is 2.05 bits per heavy atom. The zero-order valence-electron chi connectivity index (χ0n) is 11.9. The van der Waals surface area contributed by atoms with Crippen LogP contribution in [0.3, 0.4) is 0 Å². The average Bonchev–Trinajstić information content (AvgIpc) is 2.75. The Morgan fingerprint density at radius 1 is 1.25 bits per heavy atom. The van der Waals surface area contributed by atoms with Crippen molar-refractivity contribution in [3.63, 3.8) is 0 Å². The normalized spacial score (nSPS) is 22.8. The fourth-order valence-electron chi connectivity index (χ4n) is 2.90. The molecule has 0 aliphatic heterocycles. The third-order valence-electron chi connectivity index (χ3n) is 3.74. The van der Waals surface area contributed by atoms with E-state index in [1.165, 1.54) is 24.0 Å². The van der Waals surface area contributed by atoms with Crippen LogP contribution in [0.5, 0.6) is 0 Å². The lowest BCUT2D eigenvalue weighted by atomic mass is 9.94. The van der Waals surface area contributed by atoms with E-state index >= 15 is 0 Å². The van der Waals surface area contributed by atoms with Crippen molar-refractivity contribution in [3.05, 3.63) is 35.4 Å². The maximum atomic E-state index is 5.74. The van der Waals surface area contributed by atoms with Crippen molar-refractivity contribution in [1.82, 2.24) is 0 Å². The summed E-state index contributed by atoms with van der Waals surface area (Å²) in [5.41, 5.74) is 19.0. The Bertz CT molecular complexity index is 517. The number of nitrogens with zero attached hydrogens (tertiary/aromatic N) is 2. The maximum Gasteiger partial charge on any atom is 0.218 e. The lowest BCUT2D eigenvalue weighted by molar-refractivity contribution is 0.480.